The zero-order chi connectivity index (χ0) is 23.5. The van der Waals surface area contributed by atoms with Gasteiger partial charge in [0.15, 0.2) is 0 Å². The lowest BCUT2D eigenvalue weighted by molar-refractivity contribution is -0.122. The summed E-state index contributed by atoms with van der Waals surface area (Å²) in [5.74, 6) is 1.57. The zero-order valence-corrected chi connectivity index (χ0v) is 21.3. The number of para-hydroxylation sites is 1. The Kier molecular flexibility index (Phi) is 7.28. The lowest BCUT2D eigenvalue weighted by Crippen LogP contribution is -2.30. The number of benzene rings is 2. The molecule has 2 aromatic carbocycles. The Morgan fingerprint density at radius 2 is 1.85 bits per heavy atom. The molecule has 1 aliphatic heterocycles. The highest BCUT2D eigenvalue weighted by Crippen LogP contribution is 2.36. The molecule has 1 aliphatic carbocycles. The van der Waals surface area contributed by atoms with Gasteiger partial charge in [-0.2, -0.15) is 0 Å². The number of aromatic nitrogens is 1. The predicted molar refractivity (Wildman–Crippen MR) is 145 cm³/mol. The smallest absolute Gasteiger partial charge is 0.266 e. The van der Waals surface area contributed by atoms with E-state index in [1.165, 1.54) is 37.4 Å². The van der Waals surface area contributed by atoms with Crippen LogP contribution in [0.4, 0.5) is 0 Å². The van der Waals surface area contributed by atoms with Gasteiger partial charge in [0.25, 0.3) is 5.91 Å². The summed E-state index contributed by atoms with van der Waals surface area (Å²) in [5, 5.41) is 1.81. The average molecular weight is 511 g/mol. The van der Waals surface area contributed by atoms with Gasteiger partial charge in [0, 0.05) is 34.2 Å². The van der Waals surface area contributed by atoms with Crippen LogP contribution in [0, 0.1) is 5.92 Å². The van der Waals surface area contributed by atoms with Crippen LogP contribution in [0.15, 0.2) is 59.6 Å². The van der Waals surface area contributed by atoms with Crippen molar-refractivity contribution in [1.29, 1.82) is 0 Å². The molecule has 2 fully saturated rings. The number of nitrogens with zero attached hydrogens (tertiary/aromatic N) is 2. The number of carbonyl (C=O) groups excluding carboxylic acids is 1. The van der Waals surface area contributed by atoms with Gasteiger partial charge in [0.05, 0.1) is 11.4 Å². The van der Waals surface area contributed by atoms with Crippen molar-refractivity contribution in [2.45, 2.75) is 38.6 Å². The minimum atomic E-state index is 0.0379. The molecular formula is C27H27ClN2O2S2. The molecule has 5 rings (SSSR count). The molecule has 176 valence electrons. The summed E-state index contributed by atoms with van der Waals surface area (Å²) >= 11 is 12.9. The monoisotopic (exact) mass is 510 g/mol. The second-order valence-corrected chi connectivity index (χ2v) is 11.0. The van der Waals surface area contributed by atoms with Crippen molar-refractivity contribution < 1.29 is 9.53 Å². The molecule has 0 atom stereocenters. The number of thiocarbonyl (C=S) groups is 1. The molecule has 1 amide bonds. The number of ether oxygens (including phenoxy) is 1. The van der Waals surface area contributed by atoms with Gasteiger partial charge in [-0.25, -0.2) is 0 Å². The van der Waals surface area contributed by atoms with E-state index < -0.39 is 0 Å². The largest absolute Gasteiger partial charge is 0.492 e. The standard InChI is InChI=1S/C27H27ClN2O2S2/c28-21-9-11-22(12-10-21)32-16-15-29-18-20(23-7-3-4-8-24(23)29)17-25-26(31)30(27(33)34-25)14-13-19-5-1-2-6-19/h3-4,7-12,17-19H,1-2,5-6,13-16H2/b25-17-. The summed E-state index contributed by atoms with van der Waals surface area (Å²) in [6.07, 6.45) is 10.3. The van der Waals surface area contributed by atoms with Gasteiger partial charge in [-0.3, -0.25) is 9.69 Å². The number of thioether (sulfide) groups is 1. The van der Waals surface area contributed by atoms with Crippen LogP contribution < -0.4 is 4.74 Å². The number of carbonyl (C=O) groups is 1. The van der Waals surface area contributed by atoms with Crippen molar-refractivity contribution in [1.82, 2.24) is 9.47 Å². The summed E-state index contributed by atoms with van der Waals surface area (Å²) in [6.45, 7) is 1.96. The van der Waals surface area contributed by atoms with Crippen molar-refractivity contribution in [3.8, 4) is 5.75 Å². The molecule has 3 aromatic rings. The van der Waals surface area contributed by atoms with E-state index in [9.17, 15) is 4.79 Å². The van der Waals surface area contributed by atoms with Crippen LogP contribution in [0.5, 0.6) is 5.75 Å². The number of amides is 1. The second kappa shape index (κ2) is 10.5. The third-order valence-corrected chi connectivity index (χ3v) is 8.26. The quantitative estimate of drug-likeness (QED) is 0.238. The van der Waals surface area contributed by atoms with Crippen LogP contribution in [0.3, 0.4) is 0 Å². The normalized spacial score (nSPS) is 18.0. The van der Waals surface area contributed by atoms with Crippen LogP contribution in [0.25, 0.3) is 17.0 Å². The molecule has 0 unspecified atom stereocenters. The molecular weight excluding hydrogens is 484 g/mol. The first-order chi connectivity index (χ1) is 16.6. The third-order valence-electron chi connectivity index (χ3n) is 6.63. The number of rotatable bonds is 8. The fourth-order valence-electron chi connectivity index (χ4n) is 4.81. The molecule has 4 nitrogen and oxygen atoms in total. The Hall–Kier alpha value is -2.28. The molecule has 2 heterocycles. The van der Waals surface area contributed by atoms with E-state index in [-0.39, 0.29) is 5.91 Å². The number of hydrogen-bond donors (Lipinski definition) is 0. The maximum Gasteiger partial charge on any atom is 0.266 e. The first-order valence-electron chi connectivity index (χ1n) is 11.8. The Labute approximate surface area is 214 Å². The fourth-order valence-corrected chi connectivity index (χ4v) is 6.24. The molecule has 1 saturated heterocycles. The third kappa shape index (κ3) is 5.19. The summed E-state index contributed by atoms with van der Waals surface area (Å²) in [5.41, 5.74) is 2.14. The van der Waals surface area contributed by atoms with E-state index in [4.69, 9.17) is 28.6 Å². The molecule has 1 saturated carbocycles. The SMILES string of the molecule is O=C1/C(=C/c2cn(CCOc3ccc(Cl)cc3)c3ccccc23)SC(=S)N1CCC1CCCC1. The van der Waals surface area contributed by atoms with E-state index in [2.05, 4.69) is 22.9 Å². The van der Waals surface area contributed by atoms with Crippen molar-refractivity contribution in [2.24, 2.45) is 5.92 Å². The van der Waals surface area contributed by atoms with Gasteiger partial charge < -0.3 is 9.30 Å². The maximum atomic E-state index is 13.1. The molecule has 0 N–H and O–H groups in total. The van der Waals surface area contributed by atoms with Gasteiger partial charge in [-0.1, -0.05) is 79.5 Å². The Balaban J connectivity index is 1.30. The maximum absolute atomic E-state index is 13.1. The van der Waals surface area contributed by atoms with Crippen LogP contribution in [-0.2, 0) is 11.3 Å². The van der Waals surface area contributed by atoms with Gasteiger partial charge >= 0.3 is 0 Å². The van der Waals surface area contributed by atoms with Gasteiger partial charge in [0.1, 0.15) is 16.7 Å². The molecule has 0 bridgehead atoms. The lowest BCUT2D eigenvalue weighted by atomic mass is 10.0. The molecule has 0 radical (unpaired) electrons. The topological polar surface area (TPSA) is 34.5 Å². The zero-order valence-electron chi connectivity index (χ0n) is 18.9. The van der Waals surface area contributed by atoms with E-state index >= 15 is 0 Å². The molecule has 34 heavy (non-hydrogen) atoms. The lowest BCUT2D eigenvalue weighted by Gasteiger charge is -2.17. The highest BCUT2D eigenvalue weighted by Gasteiger charge is 2.32. The van der Waals surface area contributed by atoms with Crippen LogP contribution >= 0.6 is 35.6 Å². The highest BCUT2D eigenvalue weighted by atomic mass is 35.5. The first kappa shape index (κ1) is 23.5. The number of hydrogen-bond acceptors (Lipinski definition) is 4. The van der Waals surface area contributed by atoms with Crippen molar-refractivity contribution >= 4 is 62.8 Å². The molecule has 7 heteroatoms. The fraction of sp³-hybridized carbons (Fsp3) is 0.333. The predicted octanol–water partition coefficient (Wildman–Crippen LogP) is 7.16. The summed E-state index contributed by atoms with van der Waals surface area (Å²) in [7, 11) is 0. The minimum absolute atomic E-state index is 0.0379. The Morgan fingerprint density at radius 3 is 2.65 bits per heavy atom. The molecule has 2 aliphatic rings. The van der Waals surface area contributed by atoms with Gasteiger partial charge in [-0.15, -0.1) is 0 Å². The minimum Gasteiger partial charge on any atom is -0.492 e. The Bertz CT molecular complexity index is 1230. The van der Waals surface area contributed by atoms with E-state index in [0.717, 1.165) is 41.1 Å². The summed E-state index contributed by atoms with van der Waals surface area (Å²) in [4.78, 5) is 15.6. The molecule has 1 aromatic heterocycles. The van der Waals surface area contributed by atoms with E-state index in [1.54, 1.807) is 4.90 Å². The van der Waals surface area contributed by atoms with Gasteiger partial charge in [0.2, 0.25) is 0 Å². The summed E-state index contributed by atoms with van der Waals surface area (Å²) in [6, 6.07) is 15.6. The van der Waals surface area contributed by atoms with Crippen LogP contribution in [-0.4, -0.2) is 32.8 Å². The summed E-state index contributed by atoms with van der Waals surface area (Å²) < 4.78 is 8.75. The Morgan fingerprint density at radius 1 is 1.09 bits per heavy atom. The van der Waals surface area contributed by atoms with Crippen molar-refractivity contribution in [3.05, 3.63) is 70.2 Å². The second-order valence-electron chi connectivity index (χ2n) is 8.87. The number of fused-ring (bicyclic) bond motifs is 1. The molecule has 0 spiro atoms. The van der Waals surface area contributed by atoms with E-state index in [1.807, 2.05) is 42.5 Å². The van der Waals surface area contributed by atoms with Crippen molar-refractivity contribution in [3.63, 3.8) is 0 Å². The van der Waals surface area contributed by atoms with E-state index in [0.29, 0.717) is 27.4 Å². The average Bonchev–Trinajstić information content (AvgIpc) is 3.54. The number of halogens is 1. The van der Waals surface area contributed by atoms with Crippen molar-refractivity contribution in [2.75, 3.05) is 13.2 Å². The first-order valence-corrected chi connectivity index (χ1v) is 13.4. The highest BCUT2D eigenvalue weighted by molar-refractivity contribution is 8.26. The van der Waals surface area contributed by atoms with Crippen LogP contribution in [0.1, 0.15) is 37.7 Å². The van der Waals surface area contributed by atoms with Crippen LogP contribution in [0.2, 0.25) is 5.02 Å². The van der Waals surface area contributed by atoms with Gasteiger partial charge in [-0.05, 0) is 48.7 Å².